The average Bonchev–Trinajstić information content (AvgIpc) is 3.16. The summed E-state index contributed by atoms with van der Waals surface area (Å²) in [5.41, 5.74) is 1.17. The molecule has 0 atom stereocenters. The molecule has 1 N–H and O–H groups in total. The molecule has 2 amide bonds. The summed E-state index contributed by atoms with van der Waals surface area (Å²) in [6.45, 7) is 1.28. The minimum atomic E-state index is -0.0751. The standard InChI is InChI=1S/C19H22N2O3/c22-18(9-8-15-5-2-1-3-6-15)20-16-10-12-21(13-11-16)19(23)17-7-4-14-24-17/h1-7,14,16H,8-13H2,(H,20,22). The van der Waals surface area contributed by atoms with E-state index in [0.29, 0.717) is 25.3 Å². The lowest BCUT2D eigenvalue weighted by Crippen LogP contribution is -2.46. The van der Waals surface area contributed by atoms with Crippen LogP contribution in [0.5, 0.6) is 0 Å². The van der Waals surface area contributed by atoms with Crippen LogP contribution in [0, 0.1) is 0 Å². The van der Waals surface area contributed by atoms with Crippen molar-refractivity contribution in [2.45, 2.75) is 31.7 Å². The SMILES string of the molecule is O=C(CCc1ccccc1)NC1CCN(C(=O)c2ccco2)CC1. The fourth-order valence-electron chi connectivity index (χ4n) is 2.99. The lowest BCUT2D eigenvalue weighted by molar-refractivity contribution is -0.122. The molecule has 126 valence electrons. The summed E-state index contributed by atoms with van der Waals surface area (Å²) < 4.78 is 5.15. The van der Waals surface area contributed by atoms with Crippen LogP contribution in [0.15, 0.2) is 53.1 Å². The zero-order valence-electron chi connectivity index (χ0n) is 13.6. The molecule has 0 radical (unpaired) electrons. The van der Waals surface area contributed by atoms with Crippen LogP contribution in [-0.4, -0.2) is 35.8 Å². The van der Waals surface area contributed by atoms with Crippen molar-refractivity contribution in [3.8, 4) is 0 Å². The Balaban J connectivity index is 1.40. The van der Waals surface area contributed by atoms with E-state index in [9.17, 15) is 9.59 Å². The van der Waals surface area contributed by atoms with Gasteiger partial charge < -0.3 is 14.6 Å². The normalized spacial score (nSPS) is 15.2. The highest BCUT2D eigenvalue weighted by Gasteiger charge is 2.25. The number of likely N-dealkylation sites (tertiary alicyclic amines) is 1. The largest absolute Gasteiger partial charge is 0.459 e. The molecule has 0 bridgehead atoms. The van der Waals surface area contributed by atoms with Crippen molar-refractivity contribution in [1.82, 2.24) is 10.2 Å². The van der Waals surface area contributed by atoms with Gasteiger partial charge in [-0.25, -0.2) is 0 Å². The summed E-state index contributed by atoms with van der Waals surface area (Å²) >= 11 is 0. The first-order valence-corrected chi connectivity index (χ1v) is 8.38. The maximum absolute atomic E-state index is 12.2. The van der Waals surface area contributed by atoms with Crippen LogP contribution < -0.4 is 5.32 Å². The number of hydrogen-bond acceptors (Lipinski definition) is 3. The first-order valence-electron chi connectivity index (χ1n) is 8.38. The van der Waals surface area contributed by atoms with Gasteiger partial charge in [-0.1, -0.05) is 30.3 Å². The fourth-order valence-corrected chi connectivity index (χ4v) is 2.99. The van der Waals surface area contributed by atoms with Gasteiger partial charge in [0, 0.05) is 25.6 Å². The van der Waals surface area contributed by atoms with Crippen LogP contribution in [-0.2, 0) is 11.2 Å². The molecule has 5 heteroatoms. The minimum absolute atomic E-state index is 0.0751. The highest BCUT2D eigenvalue weighted by molar-refractivity contribution is 5.91. The Morgan fingerprint density at radius 3 is 2.50 bits per heavy atom. The van der Waals surface area contributed by atoms with Crippen molar-refractivity contribution in [1.29, 1.82) is 0 Å². The van der Waals surface area contributed by atoms with Gasteiger partial charge in [-0.2, -0.15) is 0 Å². The smallest absolute Gasteiger partial charge is 0.289 e. The van der Waals surface area contributed by atoms with E-state index in [0.717, 1.165) is 19.3 Å². The van der Waals surface area contributed by atoms with Crippen molar-refractivity contribution in [3.05, 3.63) is 60.1 Å². The Hall–Kier alpha value is -2.56. The number of carbonyl (C=O) groups excluding carboxylic acids is 2. The molecule has 1 aromatic heterocycles. The summed E-state index contributed by atoms with van der Waals surface area (Å²) in [5.74, 6) is 0.379. The van der Waals surface area contributed by atoms with Gasteiger partial charge in [0.1, 0.15) is 0 Å². The number of carbonyl (C=O) groups is 2. The number of furan rings is 1. The lowest BCUT2D eigenvalue weighted by atomic mass is 10.0. The van der Waals surface area contributed by atoms with Crippen molar-refractivity contribution >= 4 is 11.8 Å². The Bertz CT molecular complexity index is 659. The third-order valence-electron chi connectivity index (χ3n) is 4.36. The predicted molar refractivity (Wildman–Crippen MR) is 90.5 cm³/mol. The van der Waals surface area contributed by atoms with E-state index in [2.05, 4.69) is 5.32 Å². The van der Waals surface area contributed by atoms with E-state index in [4.69, 9.17) is 4.42 Å². The quantitative estimate of drug-likeness (QED) is 0.919. The molecule has 1 aliphatic heterocycles. The van der Waals surface area contributed by atoms with Crippen LogP contribution in [0.25, 0.3) is 0 Å². The first-order chi connectivity index (χ1) is 11.7. The van der Waals surface area contributed by atoms with Crippen molar-refractivity contribution in [2.24, 2.45) is 0 Å². The van der Waals surface area contributed by atoms with Crippen LogP contribution in [0.4, 0.5) is 0 Å². The molecular weight excluding hydrogens is 304 g/mol. The second-order valence-corrected chi connectivity index (χ2v) is 6.10. The van der Waals surface area contributed by atoms with Gasteiger partial charge in [0.05, 0.1) is 6.26 Å². The summed E-state index contributed by atoms with van der Waals surface area (Å²) in [7, 11) is 0. The highest BCUT2D eigenvalue weighted by Crippen LogP contribution is 2.14. The Morgan fingerprint density at radius 1 is 1.08 bits per heavy atom. The average molecular weight is 326 g/mol. The van der Waals surface area contributed by atoms with Crippen LogP contribution in [0.3, 0.4) is 0 Å². The Kier molecular flexibility index (Phi) is 5.31. The van der Waals surface area contributed by atoms with E-state index < -0.39 is 0 Å². The first kappa shape index (κ1) is 16.3. The topological polar surface area (TPSA) is 62.6 Å². The molecule has 0 spiro atoms. The number of rotatable bonds is 5. The molecule has 0 aliphatic carbocycles. The van der Waals surface area contributed by atoms with E-state index in [-0.39, 0.29) is 17.9 Å². The summed E-state index contributed by atoms with van der Waals surface area (Å²) in [6, 6.07) is 13.6. The van der Waals surface area contributed by atoms with E-state index in [1.165, 1.54) is 11.8 Å². The van der Waals surface area contributed by atoms with Gasteiger partial charge in [-0.05, 0) is 37.0 Å². The highest BCUT2D eigenvalue weighted by atomic mass is 16.3. The van der Waals surface area contributed by atoms with Crippen LogP contribution in [0.2, 0.25) is 0 Å². The predicted octanol–water partition coefficient (Wildman–Crippen LogP) is 2.63. The van der Waals surface area contributed by atoms with Gasteiger partial charge in [0.25, 0.3) is 5.91 Å². The molecule has 0 saturated carbocycles. The maximum Gasteiger partial charge on any atom is 0.289 e. The van der Waals surface area contributed by atoms with Gasteiger partial charge in [-0.3, -0.25) is 9.59 Å². The maximum atomic E-state index is 12.2. The number of aryl methyl sites for hydroxylation is 1. The van der Waals surface area contributed by atoms with Crippen molar-refractivity contribution < 1.29 is 14.0 Å². The molecule has 1 aromatic carbocycles. The Labute approximate surface area is 141 Å². The van der Waals surface area contributed by atoms with E-state index in [1.807, 2.05) is 30.3 Å². The molecule has 0 unspecified atom stereocenters. The number of hydrogen-bond donors (Lipinski definition) is 1. The van der Waals surface area contributed by atoms with Crippen LogP contribution in [0.1, 0.15) is 35.4 Å². The summed E-state index contributed by atoms with van der Waals surface area (Å²) in [5, 5.41) is 3.08. The third kappa shape index (κ3) is 4.25. The number of amides is 2. The zero-order valence-corrected chi connectivity index (χ0v) is 13.6. The van der Waals surface area contributed by atoms with Crippen molar-refractivity contribution in [3.63, 3.8) is 0 Å². The van der Waals surface area contributed by atoms with Crippen molar-refractivity contribution in [2.75, 3.05) is 13.1 Å². The molecule has 2 heterocycles. The molecule has 1 saturated heterocycles. The van der Waals surface area contributed by atoms with Gasteiger partial charge in [0.15, 0.2) is 5.76 Å². The molecule has 5 nitrogen and oxygen atoms in total. The lowest BCUT2D eigenvalue weighted by Gasteiger charge is -2.31. The zero-order chi connectivity index (χ0) is 16.8. The van der Waals surface area contributed by atoms with E-state index in [1.54, 1.807) is 17.0 Å². The second kappa shape index (κ2) is 7.81. The van der Waals surface area contributed by atoms with Crippen LogP contribution >= 0.6 is 0 Å². The molecule has 24 heavy (non-hydrogen) atoms. The monoisotopic (exact) mass is 326 g/mol. The molecular formula is C19H22N2O3. The van der Waals surface area contributed by atoms with Gasteiger partial charge in [-0.15, -0.1) is 0 Å². The minimum Gasteiger partial charge on any atom is -0.459 e. The summed E-state index contributed by atoms with van der Waals surface area (Å²) in [4.78, 5) is 26.1. The number of nitrogens with one attached hydrogen (secondary N) is 1. The van der Waals surface area contributed by atoms with Gasteiger partial charge in [0.2, 0.25) is 5.91 Å². The molecule has 1 aliphatic rings. The number of benzene rings is 1. The summed E-state index contributed by atoms with van der Waals surface area (Å²) in [6.07, 6.45) is 4.32. The second-order valence-electron chi connectivity index (χ2n) is 6.10. The van der Waals surface area contributed by atoms with E-state index >= 15 is 0 Å². The molecule has 1 fully saturated rings. The molecule has 2 aromatic rings. The third-order valence-corrected chi connectivity index (χ3v) is 4.36. The number of nitrogens with zero attached hydrogens (tertiary/aromatic N) is 1. The van der Waals surface area contributed by atoms with Gasteiger partial charge >= 0.3 is 0 Å². The fraction of sp³-hybridized carbons (Fsp3) is 0.368. The number of piperidine rings is 1. The Morgan fingerprint density at radius 2 is 1.83 bits per heavy atom. The molecule has 3 rings (SSSR count).